The first kappa shape index (κ1) is 15.7. The van der Waals surface area contributed by atoms with Crippen LogP contribution in [0.3, 0.4) is 0 Å². The van der Waals surface area contributed by atoms with Gasteiger partial charge in [-0.05, 0) is 19.1 Å². The summed E-state index contributed by atoms with van der Waals surface area (Å²) >= 11 is 0. The second-order valence-corrected chi connectivity index (χ2v) is 4.06. The molecule has 0 radical (unpaired) electrons. The molecule has 0 aliphatic carbocycles. The van der Waals surface area contributed by atoms with Crippen molar-refractivity contribution in [2.24, 2.45) is 0 Å². The van der Waals surface area contributed by atoms with Crippen molar-refractivity contribution in [3.63, 3.8) is 0 Å². The van der Waals surface area contributed by atoms with E-state index >= 15 is 0 Å². The molecule has 0 bridgehead atoms. The highest BCUT2D eigenvalue weighted by Crippen LogP contribution is 2.39. The standard InChI is InChI=1S/C12H9F4N3O3/c1-2-22-11(21)9-8(17-19-18-9)5-3-4-6(12(14,15)16)7(13)10(5)20/h3-4,20H,2H2,1H3,(H,17,18,19). The number of halogens is 4. The number of carbonyl (C=O) groups is 1. The molecular weight excluding hydrogens is 310 g/mol. The molecule has 0 spiro atoms. The molecular formula is C12H9F4N3O3. The number of carbonyl (C=O) groups excluding carboxylic acids is 1. The fourth-order valence-electron chi connectivity index (χ4n) is 1.74. The Morgan fingerprint density at radius 3 is 2.64 bits per heavy atom. The molecule has 2 rings (SSSR count). The highest BCUT2D eigenvalue weighted by atomic mass is 19.4. The third kappa shape index (κ3) is 2.71. The Kier molecular flexibility index (Phi) is 4.02. The molecule has 6 nitrogen and oxygen atoms in total. The number of aromatic nitrogens is 3. The van der Waals surface area contributed by atoms with E-state index in [-0.39, 0.29) is 18.0 Å². The maximum Gasteiger partial charge on any atom is 0.419 e. The molecule has 1 aromatic heterocycles. The van der Waals surface area contributed by atoms with E-state index in [2.05, 4.69) is 20.1 Å². The summed E-state index contributed by atoms with van der Waals surface area (Å²) in [6, 6.07) is 1.23. The first-order chi connectivity index (χ1) is 10.3. The molecule has 0 saturated heterocycles. The van der Waals surface area contributed by atoms with Crippen molar-refractivity contribution in [3.8, 4) is 17.0 Å². The second-order valence-electron chi connectivity index (χ2n) is 4.06. The molecule has 2 N–H and O–H groups in total. The fourth-order valence-corrected chi connectivity index (χ4v) is 1.74. The van der Waals surface area contributed by atoms with Gasteiger partial charge in [0.1, 0.15) is 5.69 Å². The number of esters is 1. The largest absolute Gasteiger partial charge is 0.504 e. The van der Waals surface area contributed by atoms with Crippen molar-refractivity contribution in [1.29, 1.82) is 0 Å². The van der Waals surface area contributed by atoms with Gasteiger partial charge in [0.05, 0.1) is 12.2 Å². The minimum absolute atomic E-state index is 0.0263. The maximum absolute atomic E-state index is 13.7. The number of alkyl halides is 3. The maximum atomic E-state index is 13.7. The Morgan fingerprint density at radius 2 is 2.05 bits per heavy atom. The zero-order valence-electron chi connectivity index (χ0n) is 11.0. The van der Waals surface area contributed by atoms with Crippen LogP contribution in [0.2, 0.25) is 0 Å². The van der Waals surface area contributed by atoms with Crippen LogP contribution in [0.1, 0.15) is 23.0 Å². The van der Waals surface area contributed by atoms with Gasteiger partial charge in [-0.1, -0.05) is 0 Å². The number of hydrogen-bond donors (Lipinski definition) is 2. The lowest BCUT2D eigenvalue weighted by atomic mass is 10.0. The van der Waals surface area contributed by atoms with E-state index < -0.39 is 34.8 Å². The SMILES string of the molecule is CCOC(=O)c1n[nH]nc1-c1ccc(C(F)(F)F)c(F)c1O. The zero-order chi connectivity index (χ0) is 16.5. The predicted molar refractivity (Wildman–Crippen MR) is 64.4 cm³/mol. The Bertz CT molecular complexity index is 712. The van der Waals surface area contributed by atoms with Crippen LogP contribution in [0.25, 0.3) is 11.3 Å². The van der Waals surface area contributed by atoms with Crippen LogP contribution in [0.5, 0.6) is 5.75 Å². The first-order valence-corrected chi connectivity index (χ1v) is 5.94. The summed E-state index contributed by atoms with van der Waals surface area (Å²) < 4.78 is 56.0. The molecule has 0 aliphatic rings. The molecule has 10 heteroatoms. The summed E-state index contributed by atoms with van der Waals surface area (Å²) in [5.74, 6) is -4.05. The van der Waals surface area contributed by atoms with Gasteiger partial charge >= 0.3 is 12.1 Å². The van der Waals surface area contributed by atoms with Crippen molar-refractivity contribution < 1.29 is 32.2 Å². The van der Waals surface area contributed by atoms with E-state index in [9.17, 15) is 27.5 Å². The van der Waals surface area contributed by atoms with Crippen molar-refractivity contribution >= 4 is 5.97 Å². The number of nitrogens with one attached hydrogen (secondary N) is 1. The third-order valence-electron chi connectivity index (χ3n) is 2.69. The van der Waals surface area contributed by atoms with E-state index in [1.807, 2.05) is 0 Å². The van der Waals surface area contributed by atoms with Crippen molar-refractivity contribution in [2.75, 3.05) is 6.61 Å². The van der Waals surface area contributed by atoms with Gasteiger partial charge in [0.25, 0.3) is 0 Å². The number of phenols is 1. The van der Waals surface area contributed by atoms with Crippen LogP contribution in [-0.4, -0.2) is 33.1 Å². The molecule has 22 heavy (non-hydrogen) atoms. The van der Waals surface area contributed by atoms with Gasteiger partial charge in [0.15, 0.2) is 17.3 Å². The Hall–Kier alpha value is -2.65. The monoisotopic (exact) mass is 319 g/mol. The van der Waals surface area contributed by atoms with Gasteiger partial charge < -0.3 is 9.84 Å². The number of nitrogens with zero attached hydrogens (tertiary/aromatic N) is 2. The number of aromatic amines is 1. The summed E-state index contributed by atoms with van der Waals surface area (Å²) in [5, 5.41) is 18.7. The molecule has 118 valence electrons. The van der Waals surface area contributed by atoms with E-state index in [0.29, 0.717) is 6.07 Å². The van der Waals surface area contributed by atoms with Crippen molar-refractivity contribution in [1.82, 2.24) is 15.4 Å². The number of benzene rings is 1. The lowest BCUT2D eigenvalue weighted by molar-refractivity contribution is -0.140. The van der Waals surface area contributed by atoms with Crippen LogP contribution in [0.15, 0.2) is 12.1 Å². The van der Waals surface area contributed by atoms with Crippen molar-refractivity contribution in [3.05, 3.63) is 29.2 Å². The molecule has 0 saturated carbocycles. The van der Waals surface area contributed by atoms with Crippen molar-refractivity contribution in [2.45, 2.75) is 13.1 Å². The first-order valence-electron chi connectivity index (χ1n) is 5.94. The van der Waals surface area contributed by atoms with E-state index in [1.165, 1.54) is 6.92 Å². The normalized spacial score (nSPS) is 11.5. The number of phenolic OH excluding ortho intramolecular Hbond substituents is 1. The molecule has 2 aromatic rings. The van der Waals surface area contributed by atoms with Crippen LogP contribution in [0, 0.1) is 5.82 Å². The Balaban J connectivity index is 2.54. The number of rotatable bonds is 3. The predicted octanol–water partition coefficient (Wildman–Crippen LogP) is 2.51. The minimum atomic E-state index is -4.96. The quantitative estimate of drug-likeness (QED) is 0.670. The minimum Gasteiger partial charge on any atom is -0.504 e. The summed E-state index contributed by atoms with van der Waals surface area (Å²) in [6.07, 6.45) is -4.96. The summed E-state index contributed by atoms with van der Waals surface area (Å²) in [5.41, 5.74) is -2.74. The molecule has 1 aromatic carbocycles. The van der Waals surface area contributed by atoms with Crippen LogP contribution in [0.4, 0.5) is 17.6 Å². The summed E-state index contributed by atoms with van der Waals surface area (Å²) in [4.78, 5) is 11.6. The molecule has 0 unspecified atom stereocenters. The summed E-state index contributed by atoms with van der Waals surface area (Å²) in [7, 11) is 0. The average Bonchev–Trinajstić information content (AvgIpc) is 2.89. The van der Waals surface area contributed by atoms with E-state index in [4.69, 9.17) is 0 Å². The molecule has 0 atom stereocenters. The van der Waals surface area contributed by atoms with Gasteiger partial charge in [0, 0.05) is 5.56 Å². The van der Waals surface area contributed by atoms with Gasteiger partial charge in [-0.25, -0.2) is 9.18 Å². The average molecular weight is 319 g/mol. The lowest BCUT2D eigenvalue weighted by Gasteiger charge is -2.11. The highest BCUT2D eigenvalue weighted by Gasteiger charge is 2.36. The Morgan fingerprint density at radius 1 is 1.36 bits per heavy atom. The van der Waals surface area contributed by atoms with Gasteiger partial charge in [-0.15, -0.1) is 5.10 Å². The summed E-state index contributed by atoms with van der Waals surface area (Å²) in [6.45, 7) is 1.56. The number of aromatic hydroxyl groups is 1. The van der Waals surface area contributed by atoms with Crippen LogP contribution < -0.4 is 0 Å². The highest BCUT2D eigenvalue weighted by molar-refractivity contribution is 5.94. The lowest BCUT2D eigenvalue weighted by Crippen LogP contribution is -2.09. The van der Waals surface area contributed by atoms with Crippen LogP contribution in [-0.2, 0) is 10.9 Å². The molecule has 0 amide bonds. The number of H-pyrrole nitrogens is 1. The number of ether oxygens (including phenoxy) is 1. The molecule has 1 heterocycles. The topological polar surface area (TPSA) is 88.1 Å². The zero-order valence-corrected chi connectivity index (χ0v) is 11.0. The van der Waals surface area contributed by atoms with Crippen LogP contribution >= 0.6 is 0 Å². The number of hydrogen-bond acceptors (Lipinski definition) is 5. The van der Waals surface area contributed by atoms with E-state index in [0.717, 1.165) is 6.07 Å². The van der Waals surface area contributed by atoms with E-state index in [1.54, 1.807) is 0 Å². The molecule has 0 fully saturated rings. The molecule has 0 aliphatic heterocycles. The third-order valence-corrected chi connectivity index (χ3v) is 2.69. The van der Waals surface area contributed by atoms with Gasteiger partial charge in [-0.2, -0.15) is 23.5 Å². The smallest absolute Gasteiger partial charge is 0.419 e. The van der Waals surface area contributed by atoms with Gasteiger partial charge in [0.2, 0.25) is 0 Å². The Labute approximate surface area is 120 Å². The van der Waals surface area contributed by atoms with Gasteiger partial charge in [-0.3, -0.25) is 0 Å². The second kappa shape index (κ2) is 5.62. The fraction of sp³-hybridized carbons (Fsp3) is 0.250.